The molecule has 22 heavy (non-hydrogen) atoms. The van der Waals surface area contributed by atoms with Gasteiger partial charge in [0.05, 0.1) is 27.7 Å². The number of hydrogen-bond donors (Lipinski definition) is 0. The molecule has 0 saturated heterocycles. The average molecular weight is 328 g/mol. The minimum absolute atomic E-state index is 0. The fraction of sp³-hybridized carbons (Fsp3) is 0.867. The van der Waals surface area contributed by atoms with Crippen molar-refractivity contribution >= 4 is 35.0 Å². The van der Waals surface area contributed by atoms with E-state index in [1.165, 1.54) is 0 Å². The minimum Gasteiger partial charge on any atom is -0.848 e. The summed E-state index contributed by atoms with van der Waals surface area (Å²) in [6.45, 7) is 4.30. The van der Waals surface area contributed by atoms with E-state index in [-0.39, 0.29) is 29.0 Å². The quantitative estimate of drug-likeness (QED) is 0.365. The van der Waals surface area contributed by atoms with E-state index in [0.29, 0.717) is 11.0 Å². The van der Waals surface area contributed by atoms with Gasteiger partial charge in [-0.05, 0) is 25.2 Å². The Balaban J connectivity index is -0.000000315. The van der Waals surface area contributed by atoms with E-state index in [1.807, 2.05) is 35.0 Å². The molecule has 0 aliphatic carbocycles. The second-order valence-corrected chi connectivity index (χ2v) is 6.26. The summed E-state index contributed by atoms with van der Waals surface area (Å²) in [7, 11) is 5.54. The molecular formula is C15H29MgNO5. The molecule has 0 aromatic rings. The molecule has 0 unspecified atom stereocenters. The first-order valence-electron chi connectivity index (χ1n) is 7.40. The van der Waals surface area contributed by atoms with Crippen LogP contribution in [0.15, 0.2) is 0 Å². The van der Waals surface area contributed by atoms with E-state index < -0.39 is 24.5 Å². The van der Waals surface area contributed by atoms with Crippen LogP contribution in [-0.2, 0) is 9.59 Å². The van der Waals surface area contributed by atoms with E-state index in [1.54, 1.807) is 0 Å². The zero-order valence-electron chi connectivity index (χ0n) is 14.6. The maximum Gasteiger partial charge on any atom is 2.00 e. The Kier molecular flexibility index (Phi) is 17.2. The average Bonchev–Trinajstić information content (AvgIpc) is 2.25. The number of carbonyl (C=O) groups excluding carboxylic acids is 2. The first kappa shape index (κ1) is 26.5. The Morgan fingerprint density at radius 3 is 1.64 bits per heavy atom. The number of carbonyl (C=O) groups is 2. The monoisotopic (exact) mass is 327 g/mol. The van der Waals surface area contributed by atoms with Crippen molar-refractivity contribution in [2.75, 3.05) is 27.7 Å². The second-order valence-electron chi connectivity index (χ2n) is 6.26. The van der Waals surface area contributed by atoms with Gasteiger partial charge in [0.15, 0.2) is 0 Å². The van der Waals surface area contributed by atoms with Crippen molar-refractivity contribution in [3.8, 4) is 0 Å². The largest absolute Gasteiger partial charge is 2.00 e. The Morgan fingerprint density at radius 2 is 1.41 bits per heavy atom. The molecule has 0 aliphatic heterocycles. The van der Waals surface area contributed by atoms with E-state index in [4.69, 9.17) is 0 Å². The number of rotatable bonds is 9. The molecule has 0 rings (SSSR count). The van der Waals surface area contributed by atoms with Gasteiger partial charge in [-0.15, -0.1) is 0 Å². The molecule has 0 fully saturated rings. The van der Waals surface area contributed by atoms with Crippen molar-refractivity contribution in [3.63, 3.8) is 0 Å². The number of quaternary nitrogens is 1. The summed E-state index contributed by atoms with van der Waals surface area (Å²) in [4.78, 5) is 20.3. The molecule has 1 atom stereocenters. The molecule has 0 bridgehead atoms. The van der Waals surface area contributed by atoms with Gasteiger partial charge in [-0.2, -0.15) is 0 Å². The summed E-state index contributed by atoms with van der Waals surface area (Å²) < 4.78 is 0.488. The molecule has 0 aliphatic rings. The van der Waals surface area contributed by atoms with Gasteiger partial charge in [0.2, 0.25) is 0 Å². The third kappa shape index (κ3) is 19.6. The first-order valence-corrected chi connectivity index (χ1v) is 7.40. The van der Waals surface area contributed by atoms with Crippen molar-refractivity contribution in [1.82, 2.24) is 0 Å². The molecule has 0 amide bonds. The zero-order chi connectivity index (χ0) is 17.1. The molecule has 0 spiro atoms. The maximum atomic E-state index is 10.9. The van der Waals surface area contributed by atoms with Crippen molar-refractivity contribution in [3.05, 3.63) is 0 Å². The van der Waals surface area contributed by atoms with Crippen LogP contribution in [0.5, 0.6) is 0 Å². The summed E-state index contributed by atoms with van der Waals surface area (Å²) >= 11 is 0. The standard InChI is InChI=1S/C8H16O2.C7H15NO3.Mg/c1-3-5-7(6-4-2)8(9)10;1-8(2,3)5-6(9)4-7(10)11;/h7H,3-6H2,1-2H3,(H,9,10);6H,4-5H2,1-3H3,(H,10,11);/q;;+2/p-2/t;6-;/m.1./s1. The summed E-state index contributed by atoms with van der Waals surface area (Å²) in [5.41, 5.74) is 0. The van der Waals surface area contributed by atoms with Gasteiger partial charge >= 0.3 is 23.1 Å². The Morgan fingerprint density at radius 1 is 1.00 bits per heavy atom. The third-order valence-electron chi connectivity index (χ3n) is 2.75. The number of likely N-dealkylation sites (N-methyl/N-ethyl adjacent to an activating group) is 1. The van der Waals surface area contributed by atoms with Crippen molar-refractivity contribution < 1.29 is 29.4 Å². The molecule has 0 radical (unpaired) electrons. The van der Waals surface area contributed by atoms with Crippen LogP contribution in [0.1, 0.15) is 46.0 Å². The summed E-state index contributed by atoms with van der Waals surface area (Å²) in [6.07, 6.45) is 1.93. The summed E-state index contributed by atoms with van der Waals surface area (Å²) in [6, 6.07) is 0. The van der Waals surface area contributed by atoms with E-state index in [0.717, 1.165) is 25.7 Å². The minimum atomic E-state index is -1.27. The fourth-order valence-electron chi connectivity index (χ4n) is 1.94. The first-order chi connectivity index (χ1) is 9.53. The second kappa shape index (κ2) is 14.2. The molecule has 0 aromatic heterocycles. The van der Waals surface area contributed by atoms with Crippen LogP contribution in [0.2, 0.25) is 0 Å². The van der Waals surface area contributed by atoms with E-state index in [9.17, 15) is 24.9 Å². The predicted molar refractivity (Wildman–Crippen MR) is 80.4 cm³/mol. The number of carboxylic acid groups (broad SMARTS) is 2. The molecule has 6 nitrogen and oxygen atoms in total. The number of aliphatic carboxylic acids is 2. The fourth-order valence-corrected chi connectivity index (χ4v) is 1.94. The molecule has 7 heteroatoms. The predicted octanol–water partition coefficient (Wildman–Crippen LogP) is -1.87. The zero-order valence-corrected chi connectivity index (χ0v) is 16.0. The molecule has 0 aromatic carbocycles. The molecule has 0 heterocycles. The van der Waals surface area contributed by atoms with E-state index in [2.05, 4.69) is 0 Å². The maximum absolute atomic E-state index is 10.9. The van der Waals surface area contributed by atoms with Gasteiger partial charge < -0.3 is 29.4 Å². The van der Waals surface area contributed by atoms with E-state index >= 15 is 0 Å². The van der Waals surface area contributed by atoms with Gasteiger partial charge in [-0.3, -0.25) is 0 Å². The summed E-state index contributed by atoms with van der Waals surface area (Å²) in [5.74, 6) is -2.36. The third-order valence-corrected chi connectivity index (χ3v) is 2.75. The number of nitrogens with zero attached hydrogens (tertiary/aromatic N) is 1. The smallest absolute Gasteiger partial charge is 0.848 e. The van der Waals surface area contributed by atoms with Crippen LogP contribution >= 0.6 is 0 Å². The Hall–Kier alpha value is -0.374. The summed E-state index contributed by atoms with van der Waals surface area (Å²) in [5, 5.41) is 31.3. The van der Waals surface area contributed by atoms with Crippen LogP contribution in [0.4, 0.5) is 0 Å². The number of carboxylic acids is 2. The SMILES string of the molecule is CCCC(CCC)C(=O)[O-].C[N+](C)(C)C[C@H]([O-])CC(=O)[O-].[Mg+2]. The topological polar surface area (TPSA) is 103 Å². The van der Waals surface area contributed by atoms with Crippen LogP contribution in [-0.4, -0.2) is 73.3 Å². The van der Waals surface area contributed by atoms with Gasteiger partial charge in [0.1, 0.15) is 0 Å². The molecular weight excluding hydrogens is 298 g/mol. The van der Waals surface area contributed by atoms with Gasteiger partial charge in [0.25, 0.3) is 0 Å². The van der Waals surface area contributed by atoms with Crippen LogP contribution in [0.25, 0.3) is 0 Å². The van der Waals surface area contributed by atoms with Crippen molar-refractivity contribution in [2.24, 2.45) is 5.92 Å². The van der Waals surface area contributed by atoms with Crippen molar-refractivity contribution in [1.29, 1.82) is 0 Å². The van der Waals surface area contributed by atoms with Crippen molar-refractivity contribution in [2.45, 2.75) is 52.1 Å². The number of hydrogen-bond acceptors (Lipinski definition) is 5. The normalized spacial score (nSPS) is 12.0. The Bertz CT molecular complexity index is 299. The molecule has 0 saturated carbocycles. The Labute approximate surface area is 150 Å². The van der Waals surface area contributed by atoms with Crippen LogP contribution in [0, 0.1) is 5.92 Å². The van der Waals surface area contributed by atoms with Crippen LogP contribution < -0.4 is 15.3 Å². The van der Waals surface area contributed by atoms with Gasteiger partial charge in [0, 0.05) is 11.9 Å². The molecule has 0 N–H and O–H groups in total. The van der Waals surface area contributed by atoms with Gasteiger partial charge in [-0.1, -0.05) is 32.8 Å². The molecule has 126 valence electrons. The van der Waals surface area contributed by atoms with Crippen LogP contribution in [0.3, 0.4) is 0 Å². The van der Waals surface area contributed by atoms with Gasteiger partial charge in [-0.25, -0.2) is 0 Å².